The smallest absolute Gasteiger partial charge is 0.248 e. The second kappa shape index (κ2) is 7.14. The Morgan fingerprint density at radius 1 is 1.40 bits per heavy atom. The number of nitrogens with two attached hydrogens (primary N) is 1. The SMILES string of the molecule is CSC=C(C)C(C)C(=O)Nc1ccc(C(N)=O)c(C)c1. The number of amides is 2. The highest BCUT2D eigenvalue weighted by Crippen LogP contribution is 2.18. The molecule has 0 aliphatic carbocycles. The minimum Gasteiger partial charge on any atom is -0.366 e. The quantitative estimate of drug-likeness (QED) is 0.876. The molecule has 1 aromatic rings. The van der Waals surface area contributed by atoms with Crippen molar-refractivity contribution in [2.24, 2.45) is 11.7 Å². The standard InChI is InChI=1S/C15H20N2O2S/c1-9-7-12(5-6-13(9)14(16)18)17-15(19)11(3)10(2)8-20-4/h5-8,11H,1-4H3,(H2,16,18)(H,17,19). The lowest BCUT2D eigenvalue weighted by Gasteiger charge is -2.13. The molecule has 3 N–H and O–H groups in total. The van der Waals surface area contributed by atoms with Crippen LogP contribution in [0.15, 0.2) is 29.2 Å². The van der Waals surface area contributed by atoms with Crippen molar-refractivity contribution in [3.05, 3.63) is 40.3 Å². The highest BCUT2D eigenvalue weighted by Gasteiger charge is 2.15. The number of hydrogen-bond acceptors (Lipinski definition) is 3. The molecule has 1 aromatic carbocycles. The zero-order valence-electron chi connectivity index (χ0n) is 12.2. The van der Waals surface area contributed by atoms with Crippen LogP contribution in [0.4, 0.5) is 5.69 Å². The number of hydrogen-bond donors (Lipinski definition) is 2. The Balaban J connectivity index is 2.84. The van der Waals surface area contributed by atoms with Crippen LogP contribution >= 0.6 is 11.8 Å². The molecule has 5 heteroatoms. The van der Waals surface area contributed by atoms with Crippen LogP contribution < -0.4 is 11.1 Å². The molecule has 0 aliphatic rings. The van der Waals surface area contributed by atoms with Gasteiger partial charge in [-0.15, -0.1) is 11.8 Å². The van der Waals surface area contributed by atoms with Crippen molar-refractivity contribution in [3.8, 4) is 0 Å². The number of aryl methyl sites for hydroxylation is 1. The average molecular weight is 292 g/mol. The first-order chi connectivity index (χ1) is 9.36. The largest absolute Gasteiger partial charge is 0.366 e. The Morgan fingerprint density at radius 2 is 2.05 bits per heavy atom. The summed E-state index contributed by atoms with van der Waals surface area (Å²) in [6, 6.07) is 5.06. The van der Waals surface area contributed by atoms with E-state index in [0.29, 0.717) is 11.3 Å². The Labute approximate surface area is 123 Å². The number of thioether (sulfide) groups is 1. The van der Waals surface area contributed by atoms with Gasteiger partial charge in [-0.3, -0.25) is 9.59 Å². The molecule has 0 heterocycles. The molecule has 0 spiro atoms. The minimum absolute atomic E-state index is 0.0703. The molecule has 20 heavy (non-hydrogen) atoms. The van der Waals surface area contributed by atoms with Crippen LogP contribution in [0.2, 0.25) is 0 Å². The van der Waals surface area contributed by atoms with Gasteiger partial charge in [-0.1, -0.05) is 5.57 Å². The van der Waals surface area contributed by atoms with Crippen LogP contribution in [0.1, 0.15) is 29.8 Å². The van der Waals surface area contributed by atoms with Gasteiger partial charge in [-0.25, -0.2) is 0 Å². The second-order valence-electron chi connectivity index (χ2n) is 4.70. The number of primary amides is 1. The third kappa shape index (κ3) is 4.13. The van der Waals surface area contributed by atoms with Crippen molar-refractivity contribution in [2.45, 2.75) is 20.8 Å². The van der Waals surface area contributed by atoms with Gasteiger partial charge in [-0.05, 0) is 56.2 Å². The van der Waals surface area contributed by atoms with Crippen molar-refractivity contribution in [2.75, 3.05) is 11.6 Å². The molecule has 2 amide bonds. The van der Waals surface area contributed by atoms with E-state index in [4.69, 9.17) is 5.73 Å². The lowest BCUT2D eigenvalue weighted by molar-refractivity contribution is -0.118. The molecule has 0 bridgehead atoms. The Morgan fingerprint density at radius 3 is 2.55 bits per heavy atom. The van der Waals surface area contributed by atoms with E-state index in [-0.39, 0.29) is 11.8 Å². The summed E-state index contributed by atoms with van der Waals surface area (Å²) in [7, 11) is 0. The number of rotatable bonds is 5. The lowest BCUT2D eigenvalue weighted by atomic mass is 10.0. The molecular formula is C15H20N2O2S. The van der Waals surface area contributed by atoms with E-state index in [1.165, 1.54) is 0 Å². The molecule has 0 radical (unpaired) electrons. The van der Waals surface area contributed by atoms with Gasteiger partial charge >= 0.3 is 0 Å². The van der Waals surface area contributed by atoms with Crippen LogP contribution in [0.5, 0.6) is 0 Å². The van der Waals surface area contributed by atoms with Crippen LogP contribution in [-0.2, 0) is 4.79 Å². The third-order valence-electron chi connectivity index (χ3n) is 3.14. The van der Waals surface area contributed by atoms with Crippen LogP contribution in [0.3, 0.4) is 0 Å². The molecule has 1 atom stereocenters. The predicted octanol–water partition coefficient (Wildman–Crippen LogP) is 2.94. The minimum atomic E-state index is -0.465. The molecule has 4 nitrogen and oxygen atoms in total. The highest BCUT2D eigenvalue weighted by molar-refractivity contribution is 8.01. The number of nitrogens with one attached hydrogen (secondary N) is 1. The zero-order chi connectivity index (χ0) is 15.3. The summed E-state index contributed by atoms with van der Waals surface area (Å²) in [6.45, 7) is 5.59. The van der Waals surface area contributed by atoms with Crippen molar-refractivity contribution < 1.29 is 9.59 Å². The fraction of sp³-hybridized carbons (Fsp3) is 0.333. The first-order valence-corrected chi connectivity index (χ1v) is 7.56. The summed E-state index contributed by atoms with van der Waals surface area (Å²) >= 11 is 1.58. The molecule has 1 rings (SSSR count). The van der Waals surface area contributed by atoms with Crippen molar-refractivity contribution in [1.29, 1.82) is 0 Å². The highest BCUT2D eigenvalue weighted by atomic mass is 32.2. The number of carbonyl (C=O) groups is 2. The van der Waals surface area contributed by atoms with E-state index in [0.717, 1.165) is 11.1 Å². The maximum Gasteiger partial charge on any atom is 0.248 e. The lowest BCUT2D eigenvalue weighted by Crippen LogP contribution is -2.21. The van der Waals surface area contributed by atoms with Crippen molar-refractivity contribution in [1.82, 2.24) is 0 Å². The Bertz CT molecular complexity index is 553. The number of anilines is 1. The summed E-state index contributed by atoms with van der Waals surface area (Å²) < 4.78 is 0. The number of carbonyl (C=O) groups excluding carboxylic acids is 2. The first kappa shape index (κ1) is 16.3. The second-order valence-corrected chi connectivity index (χ2v) is 5.41. The number of benzene rings is 1. The average Bonchev–Trinajstić information content (AvgIpc) is 2.37. The van der Waals surface area contributed by atoms with E-state index < -0.39 is 5.91 Å². The first-order valence-electron chi connectivity index (χ1n) is 6.27. The van der Waals surface area contributed by atoms with Crippen LogP contribution in [0.25, 0.3) is 0 Å². The fourth-order valence-corrected chi connectivity index (χ4v) is 2.34. The molecule has 108 valence electrons. The summed E-state index contributed by atoms with van der Waals surface area (Å²) in [5.41, 5.74) is 8.15. The van der Waals surface area contributed by atoms with Crippen LogP contribution in [-0.4, -0.2) is 18.1 Å². The van der Waals surface area contributed by atoms with Crippen molar-refractivity contribution in [3.63, 3.8) is 0 Å². The maximum absolute atomic E-state index is 12.1. The molecule has 0 saturated carbocycles. The van der Waals surface area contributed by atoms with Gasteiger partial charge in [0, 0.05) is 11.3 Å². The molecule has 0 saturated heterocycles. The topological polar surface area (TPSA) is 72.2 Å². The molecule has 0 fully saturated rings. The fourth-order valence-electron chi connectivity index (χ4n) is 1.76. The predicted molar refractivity (Wildman–Crippen MR) is 84.8 cm³/mol. The van der Waals surface area contributed by atoms with Gasteiger partial charge < -0.3 is 11.1 Å². The Hall–Kier alpha value is -1.75. The molecule has 0 aliphatic heterocycles. The summed E-state index contributed by atoms with van der Waals surface area (Å²) in [5.74, 6) is -0.731. The third-order valence-corrected chi connectivity index (χ3v) is 3.75. The van der Waals surface area contributed by atoms with Gasteiger partial charge in [-0.2, -0.15) is 0 Å². The summed E-state index contributed by atoms with van der Waals surface area (Å²) in [4.78, 5) is 23.3. The molecular weight excluding hydrogens is 272 g/mol. The van der Waals surface area contributed by atoms with Gasteiger partial charge in [0.25, 0.3) is 0 Å². The van der Waals surface area contributed by atoms with Gasteiger partial charge in [0.05, 0.1) is 5.92 Å². The van der Waals surface area contributed by atoms with E-state index in [1.54, 1.807) is 36.9 Å². The monoisotopic (exact) mass is 292 g/mol. The van der Waals surface area contributed by atoms with Gasteiger partial charge in [0.2, 0.25) is 11.8 Å². The van der Waals surface area contributed by atoms with Gasteiger partial charge in [0.15, 0.2) is 0 Å². The normalized spacial score (nSPS) is 12.9. The summed E-state index contributed by atoms with van der Waals surface area (Å²) in [6.07, 6.45) is 1.96. The van der Waals surface area contributed by atoms with E-state index in [1.807, 2.05) is 25.5 Å². The molecule has 1 unspecified atom stereocenters. The maximum atomic E-state index is 12.1. The van der Waals surface area contributed by atoms with Crippen LogP contribution in [0, 0.1) is 12.8 Å². The van der Waals surface area contributed by atoms with Gasteiger partial charge in [0.1, 0.15) is 0 Å². The van der Waals surface area contributed by atoms with E-state index in [2.05, 4.69) is 5.32 Å². The van der Waals surface area contributed by atoms with E-state index in [9.17, 15) is 9.59 Å². The summed E-state index contributed by atoms with van der Waals surface area (Å²) in [5, 5.41) is 4.81. The molecule has 0 aromatic heterocycles. The van der Waals surface area contributed by atoms with Crippen molar-refractivity contribution >= 4 is 29.3 Å². The Kier molecular flexibility index (Phi) is 5.82. The van der Waals surface area contributed by atoms with E-state index >= 15 is 0 Å². The zero-order valence-corrected chi connectivity index (χ0v) is 13.0.